The Bertz CT molecular complexity index is 584. The van der Waals surface area contributed by atoms with E-state index in [1.165, 1.54) is 0 Å². The molecule has 0 bridgehead atoms. The van der Waals surface area contributed by atoms with Crippen molar-refractivity contribution in [3.8, 4) is 0 Å². The van der Waals surface area contributed by atoms with Gasteiger partial charge in [0.15, 0.2) is 11.6 Å². The molecule has 1 unspecified atom stereocenters. The van der Waals surface area contributed by atoms with Gasteiger partial charge in [-0.1, -0.05) is 44.0 Å². The third-order valence-electron chi connectivity index (χ3n) is 2.45. The highest BCUT2D eigenvalue weighted by Gasteiger charge is 2.18. The molecule has 0 saturated heterocycles. The van der Waals surface area contributed by atoms with Crippen molar-refractivity contribution in [3.63, 3.8) is 0 Å². The maximum absolute atomic E-state index is 13.6. The van der Waals surface area contributed by atoms with Crippen molar-refractivity contribution < 1.29 is 13.2 Å². The molecule has 0 saturated carbocycles. The van der Waals surface area contributed by atoms with Crippen molar-refractivity contribution in [2.24, 2.45) is 0 Å². The summed E-state index contributed by atoms with van der Waals surface area (Å²) in [4.78, 5) is -0.537. The highest BCUT2D eigenvalue weighted by molar-refractivity contribution is 9.10. The molecule has 0 heterocycles. The molecule has 0 nitrogen and oxygen atoms in total. The predicted molar refractivity (Wildman–Crippen MR) is 71.2 cm³/mol. The first-order chi connectivity index (χ1) is 8.49. The van der Waals surface area contributed by atoms with Crippen molar-refractivity contribution in [2.45, 2.75) is 4.83 Å². The Morgan fingerprint density at radius 1 is 0.889 bits per heavy atom. The van der Waals surface area contributed by atoms with E-state index in [2.05, 4.69) is 31.9 Å². The Labute approximate surface area is 119 Å². The number of halogens is 5. The fraction of sp³-hybridized carbons (Fsp3) is 0.0769. The normalized spacial score (nSPS) is 12.5. The number of hydrogen-bond donors (Lipinski definition) is 0. The summed E-state index contributed by atoms with van der Waals surface area (Å²) in [6.07, 6.45) is 0. The van der Waals surface area contributed by atoms with Gasteiger partial charge in [0.25, 0.3) is 0 Å². The van der Waals surface area contributed by atoms with E-state index in [1.807, 2.05) is 6.07 Å². The van der Waals surface area contributed by atoms with Crippen LogP contribution in [-0.2, 0) is 0 Å². The number of hydrogen-bond acceptors (Lipinski definition) is 0. The van der Waals surface area contributed by atoms with E-state index >= 15 is 0 Å². The monoisotopic (exact) mass is 378 g/mol. The summed E-state index contributed by atoms with van der Waals surface area (Å²) in [5.41, 5.74) is 0.807. The van der Waals surface area contributed by atoms with Gasteiger partial charge in [-0.05, 0) is 23.8 Å². The van der Waals surface area contributed by atoms with Gasteiger partial charge in [0.2, 0.25) is 0 Å². The SMILES string of the molecule is Fc1cc(F)c(C(Br)c2cccc(Br)c2)cc1F. The lowest BCUT2D eigenvalue weighted by atomic mass is 10.0. The summed E-state index contributed by atoms with van der Waals surface area (Å²) in [6, 6.07) is 8.57. The van der Waals surface area contributed by atoms with Crippen LogP contribution in [0.2, 0.25) is 0 Å². The lowest BCUT2D eigenvalue weighted by Gasteiger charge is -2.12. The molecule has 94 valence electrons. The van der Waals surface area contributed by atoms with Gasteiger partial charge in [-0.15, -0.1) is 0 Å². The topological polar surface area (TPSA) is 0 Å². The van der Waals surface area contributed by atoms with Crippen LogP contribution in [0.15, 0.2) is 40.9 Å². The molecule has 0 fully saturated rings. The molecule has 0 radical (unpaired) electrons. The molecule has 5 heteroatoms. The van der Waals surface area contributed by atoms with E-state index in [0.717, 1.165) is 16.1 Å². The molecular formula is C13H7Br2F3. The summed E-state index contributed by atoms with van der Waals surface area (Å²) in [7, 11) is 0. The van der Waals surface area contributed by atoms with Crippen molar-refractivity contribution in [1.82, 2.24) is 0 Å². The molecule has 0 aliphatic heterocycles. The van der Waals surface area contributed by atoms with E-state index in [9.17, 15) is 13.2 Å². The first-order valence-electron chi connectivity index (χ1n) is 5.03. The molecular weight excluding hydrogens is 373 g/mol. The molecule has 0 N–H and O–H groups in total. The molecule has 0 aliphatic rings. The molecule has 0 spiro atoms. The van der Waals surface area contributed by atoms with Crippen molar-refractivity contribution in [1.29, 1.82) is 0 Å². The minimum absolute atomic E-state index is 0.0620. The van der Waals surface area contributed by atoms with Gasteiger partial charge in [-0.3, -0.25) is 0 Å². The van der Waals surface area contributed by atoms with E-state index < -0.39 is 22.3 Å². The Morgan fingerprint density at radius 3 is 2.22 bits per heavy atom. The van der Waals surface area contributed by atoms with Crippen LogP contribution < -0.4 is 0 Å². The van der Waals surface area contributed by atoms with Crippen LogP contribution in [0.1, 0.15) is 16.0 Å². The third-order valence-corrected chi connectivity index (χ3v) is 3.97. The molecule has 2 rings (SSSR count). The summed E-state index contributed by atoms with van der Waals surface area (Å²) in [5, 5.41) is 0. The molecule has 2 aromatic rings. The first-order valence-corrected chi connectivity index (χ1v) is 6.74. The third kappa shape index (κ3) is 2.78. The summed E-state index contributed by atoms with van der Waals surface area (Å²) in [5.74, 6) is -3.04. The van der Waals surface area contributed by atoms with E-state index in [1.54, 1.807) is 18.2 Å². The smallest absolute Gasteiger partial charge is 0.161 e. The zero-order valence-corrected chi connectivity index (χ0v) is 12.1. The van der Waals surface area contributed by atoms with Crippen molar-refractivity contribution in [2.75, 3.05) is 0 Å². The highest BCUT2D eigenvalue weighted by atomic mass is 79.9. The summed E-state index contributed by atoms with van der Waals surface area (Å²) < 4.78 is 40.4. The van der Waals surface area contributed by atoms with Gasteiger partial charge in [-0.25, -0.2) is 13.2 Å². The molecule has 0 aliphatic carbocycles. The highest BCUT2D eigenvalue weighted by Crippen LogP contribution is 2.34. The first kappa shape index (κ1) is 13.6. The van der Waals surface area contributed by atoms with Crippen LogP contribution in [0.3, 0.4) is 0 Å². The minimum atomic E-state index is -1.19. The summed E-state index contributed by atoms with van der Waals surface area (Å²) >= 11 is 6.59. The predicted octanol–water partition coefficient (Wildman–Crippen LogP) is 5.35. The van der Waals surface area contributed by atoms with Crippen molar-refractivity contribution >= 4 is 31.9 Å². The quantitative estimate of drug-likeness (QED) is 0.487. The Hall–Kier alpha value is -0.810. The lowest BCUT2D eigenvalue weighted by Crippen LogP contribution is -1.99. The second-order valence-corrected chi connectivity index (χ2v) is 5.54. The van der Waals surface area contributed by atoms with E-state index in [0.29, 0.717) is 6.07 Å². The Balaban J connectivity index is 2.46. The minimum Gasteiger partial charge on any atom is -0.207 e. The van der Waals surface area contributed by atoms with Crippen LogP contribution in [0.5, 0.6) is 0 Å². The maximum atomic E-state index is 13.6. The van der Waals surface area contributed by atoms with E-state index in [-0.39, 0.29) is 5.56 Å². The van der Waals surface area contributed by atoms with Crippen LogP contribution >= 0.6 is 31.9 Å². The second kappa shape index (κ2) is 5.45. The lowest BCUT2D eigenvalue weighted by molar-refractivity contribution is 0.491. The summed E-state index contributed by atoms with van der Waals surface area (Å²) in [6.45, 7) is 0. The number of rotatable bonds is 2. The zero-order valence-electron chi connectivity index (χ0n) is 8.93. The van der Waals surface area contributed by atoms with E-state index in [4.69, 9.17) is 0 Å². The second-order valence-electron chi connectivity index (χ2n) is 3.71. The molecule has 2 aromatic carbocycles. The van der Waals surface area contributed by atoms with Crippen LogP contribution in [-0.4, -0.2) is 0 Å². The van der Waals surface area contributed by atoms with Gasteiger partial charge in [0, 0.05) is 16.1 Å². The number of benzene rings is 2. The van der Waals surface area contributed by atoms with Crippen LogP contribution in [0.25, 0.3) is 0 Å². The van der Waals surface area contributed by atoms with Gasteiger partial charge < -0.3 is 0 Å². The number of alkyl halides is 1. The molecule has 1 atom stereocenters. The standard InChI is InChI=1S/C13H7Br2F3/c14-8-3-1-2-7(4-8)13(15)9-5-11(17)12(18)6-10(9)16/h1-6,13H. The Morgan fingerprint density at radius 2 is 1.56 bits per heavy atom. The van der Waals surface area contributed by atoms with Gasteiger partial charge in [0.1, 0.15) is 5.82 Å². The fourth-order valence-corrected chi connectivity index (χ4v) is 2.63. The van der Waals surface area contributed by atoms with Gasteiger partial charge in [-0.2, -0.15) is 0 Å². The fourth-order valence-electron chi connectivity index (χ4n) is 1.58. The molecule has 0 amide bonds. The Kier molecular flexibility index (Phi) is 4.12. The largest absolute Gasteiger partial charge is 0.207 e. The average Bonchev–Trinajstić information content (AvgIpc) is 2.33. The zero-order chi connectivity index (χ0) is 13.3. The molecule has 0 aromatic heterocycles. The van der Waals surface area contributed by atoms with Crippen LogP contribution in [0.4, 0.5) is 13.2 Å². The van der Waals surface area contributed by atoms with Gasteiger partial charge >= 0.3 is 0 Å². The van der Waals surface area contributed by atoms with Crippen LogP contribution in [0, 0.1) is 17.5 Å². The maximum Gasteiger partial charge on any atom is 0.161 e. The molecule has 18 heavy (non-hydrogen) atoms. The van der Waals surface area contributed by atoms with Crippen molar-refractivity contribution in [3.05, 3.63) is 69.4 Å². The average molecular weight is 380 g/mol. The van der Waals surface area contributed by atoms with Gasteiger partial charge in [0.05, 0.1) is 4.83 Å².